The summed E-state index contributed by atoms with van der Waals surface area (Å²) in [5, 5.41) is 9.68. The molecule has 0 fully saturated rings. The molecule has 0 saturated carbocycles. The first-order valence-corrected chi connectivity index (χ1v) is 8.05. The fourth-order valence-electron chi connectivity index (χ4n) is 1.67. The fourth-order valence-corrected chi connectivity index (χ4v) is 3.12. The van der Waals surface area contributed by atoms with Crippen molar-refractivity contribution in [2.75, 3.05) is 6.61 Å². The fraction of sp³-hybridized carbons (Fsp3) is 0.125. The minimum atomic E-state index is -0.501. The quantitative estimate of drug-likeness (QED) is 0.563. The Morgan fingerprint density at radius 3 is 2.59 bits per heavy atom. The third-order valence-corrected chi connectivity index (χ3v) is 4.55. The Labute approximate surface area is 142 Å². The summed E-state index contributed by atoms with van der Waals surface area (Å²) < 4.78 is 4.74. The van der Waals surface area contributed by atoms with Crippen molar-refractivity contribution in [3.63, 3.8) is 0 Å². The number of ether oxygens (including phenoxy) is 1. The second-order valence-corrected chi connectivity index (χ2v) is 6.16. The first-order valence-electron chi connectivity index (χ1n) is 6.31. The van der Waals surface area contributed by atoms with E-state index >= 15 is 0 Å². The van der Waals surface area contributed by atoms with Gasteiger partial charge >= 0.3 is 5.97 Å². The molecule has 0 N–H and O–H groups in total. The first-order chi connectivity index (χ1) is 10.6. The highest BCUT2D eigenvalue weighted by atomic mass is 35.5. The number of nitrogens with zero attached hydrogens (tertiary/aromatic N) is 1. The van der Waals surface area contributed by atoms with Crippen LogP contribution < -0.4 is 0 Å². The van der Waals surface area contributed by atoms with Crippen molar-refractivity contribution >= 4 is 40.9 Å². The molecule has 2 aromatic carbocycles. The second-order valence-electron chi connectivity index (χ2n) is 4.29. The van der Waals surface area contributed by atoms with Gasteiger partial charge in [0, 0.05) is 15.7 Å². The first kappa shape index (κ1) is 16.7. The SMILES string of the molecule is N#CCOC(=O)c1ccc(CSc2cc(Cl)ccc2Cl)cc1. The number of esters is 1. The average Bonchev–Trinajstić information content (AvgIpc) is 2.54. The molecule has 0 aliphatic heterocycles. The van der Waals surface area contributed by atoms with Crippen LogP contribution in [0, 0.1) is 11.3 Å². The van der Waals surface area contributed by atoms with Crippen molar-refractivity contribution in [3.05, 3.63) is 63.6 Å². The van der Waals surface area contributed by atoms with Gasteiger partial charge in [-0.05, 0) is 35.9 Å². The Kier molecular flexibility index (Phi) is 6.14. The van der Waals surface area contributed by atoms with Gasteiger partial charge in [-0.15, -0.1) is 11.8 Å². The van der Waals surface area contributed by atoms with Crippen LogP contribution in [0.25, 0.3) is 0 Å². The van der Waals surface area contributed by atoms with Gasteiger partial charge < -0.3 is 4.74 Å². The smallest absolute Gasteiger partial charge is 0.339 e. The molecule has 0 amide bonds. The van der Waals surface area contributed by atoms with E-state index in [1.165, 1.54) is 0 Å². The summed E-state index contributed by atoms with van der Waals surface area (Å²) in [5.74, 6) is 0.201. The minimum Gasteiger partial charge on any atom is -0.447 e. The van der Waals surface area contributed by atoms with E-state index < -0.39 is 5.97 Å². The normalized spacial score (nSPS) is 10.0. The molecule has 0 aromatic heterocycles. The van der Waals surface area contributed by atoms with Crippen LogP contribution in [0.15, 0.2) is 47.4 Å². The van der Waals surface area contributed by atoms with Gasteiger partial charge in [0.1, 0.15) is 6.07 Å². The molecule has 0 aliphatic rings. The second kappa shape index (κ2) is 8.09. The van der Waals surface area contributed by atoms with E-state index in [0.29, 0.717) is 21.4 Å². The summed E-state index contributed by atoms with van der Waals surface area (Å²) in [5.41, 5.74) is 1.46. The highest BCUT2D eigenvalue weighted by molar-refractivity contribution is 7.98. The molecule has 0 aliphatic carbocycles. The predicted octanol–water partition coefficient (Wildman–Crippen LogP) is 4.97. The van der Waals surface area contributed by atoms with Crippen LogP contribution >= 0.6 is 35.0 Å². The van der Waals surface area contributed by atoms with Crippen molar-refractivity contribution in [1.29, 1.82) is 5.26 Å². The Balaban J connectivity index is 1.98. The molecule has 0 bridgehead atoms. The van der Waals surface area contributed by atoms with Crippen molar-refractivity contribution in [3.8, 4) is 6.07 Å². The molecule has 0 radical (unpaired) electrons. The Hall–Kier alpha value is -1.67. The van der Waals surface area contributed by atoms with Gasteiger partial charge in [-0.3, -0.25) is 0 Å². The molecular weight excluding hydrogens is 341 g/mol. The Morgan fingerprint density at radius 2 is 1.91 bits per heavy atom. The molecule has 22 heavy (non-hydrogen) atoms. The molecule has 112 valence electrons. The number of benzene rings is 2. The van der Waals surface area contributed by atoms with E-state index in [1.54, 1.807) is 42.1 Å². The molecule has 3 nitrogen and oxygen atoms in total. The maximum Gasteiger partial charge on any atom is 0.339 e. The van der Waals surface area contributed by atoms with Gasteiger partial charge in [0.15, 0.2) is 6.61 Å². The Bertz CT molecular complexity index is 711. The summed E-state index contributed by atoms with van der Waals surface area (Å²) >= 11 is 13.6. The number of halogens is 2. The number of carbonyl (C=O) groups is 1. The standard InChI is InChI=1S/C16H11Cl2NO2S/c17-13-5-6-14(18)15(9-13)22-10-11-1-3-12(4-2-11)16(20)21-8-7-19/h1-6,9H,8,10H2. The molecule has 6 heteroatoms. The highest BCUT2D eigenvalue weighted by Crippen LogP contribution is 2.32. The number of rotatable bonds is 5. The molecular formula is C16H11Cl2NO2S. The van der Waals surface area contributed by atoms with Crippen LogP contribution in [-0.2, 0) is 10.5 Å². The monoisotopic (exact) mass is 351 g/mol. The van der Waals surface area contributed by atoms with Gasteiger partial charge in [0.25, 0.3) is 0 Å². The third kappa shape index (κ3) is 4.67. The lowest BCUT2D eigenvalue weighted by Gasteiger charge is -2.06. The lowest BCUT2D eigenvalue weighted by atomic mass is 10.1. The zero-order chi connectivity index (χ0) is 15.9. The lowest BCUT2D eigenvalue weighted by molar-refractivity contribution is 0.0555. The predicted molar refractivity (Wildman–Crippen MR) is 88.4 cm³/mol. The molecule has 0 unspecified atom stereocenters. The molecule has 0 saturated heterocycles. The summed E-state index contributed by atoms with van der Waals surface area (Å²) in [6.07, 6.45) is 0. The zero-order valence-corrected chi connectivity index (χ0v) is 13.7. The molecule has 0 heterocycles. The molecule has 0 atom stereocenters. The number of hydrogen-bond donors (Lipinski definition) is 0. The minimum absolute atomic E-state index is 0.246. The van der Waals surface area contributed by atoms with Gasteiger partial charge in [-0.2, -0.15) is 5.26 Å². The largest absolute Gasteiger partial charge is 0.447 e. The maximum atomic E-state index is 11.6. The van der Waals surface area contributed by atoms with Crippen molar-refractivity contribution in [1.82, 2.24) is 0 Å². The van der Waals surface area contributed by atoms with E-state index in [9.17, 15) is 4.79 Å². The average molecular weight is 352 g/mol. The van der Waals surface area contributed by atoms with E-state index in [0.717, 1.165) is 10.5 Å². The van der Waals surface area contributed by atoms with Gasteiger partial charge in [-0.1, -0.05) is 35.3 Å². The van der Waals surface area contributed by atoms with Crippen LogP contribution in [0.4, 0.5) is 0 Å². The van der Waals surface area contributed by atoms with Crippen LogP contribution in [-0.4, -0.2) is 12.6 Å². The van der Waals surface area contributed by atoms with Crippen molar-refractivity contribution in [2.24, 2.45) is 0 Å². The third-order valence-electron chi connectivity index (χ3n) is 2.75. The lowest BCUT2D eigenvalue weighted by Crippen LogP contribution is -2.05. The number of thioether (sulfide) groups is 1. The van der Waals surface area contributed by atoms with Gasteiger partial charge in [0.05, 0.1) is 10.6 Å². The van der Waals surface area contributed by atoms with E-state index in [1.807, 2.05) is 18.2 Å². The van der Waals surface area contributed by atoms with Crippen molar-refractivity contribution < 1.29 is 9.53 Å². The number of carbonyl (C=O) groups excluding carboxylic acids is 1. The Morgan fingerprint density at radius 1 is 1.18 bits per heavy atom. The molecule has 2 aromatic rings. The maximum absolute atomic E-state index is 11.6. The van der Waals surface area contributed by atoms with Crippen LogP contribution in [0.1, 0.15) is 15.9 Å². The highest BCUT2D eigenvalue weighted by Gasteiger charge is 2.07. The summed E-state index contributed by atoms with van der Waals surface area (Å²) in [6, 6.07) is 14.1. The van der Waals surface area contributed by atoms with Gasteiger partial charge in [-0.25, -0.2) is 4.79 Å². The van der Waals surface area contributed by atoms with Crippen LogP contribution in [0.2, 0.25) is 10.0 Å². The van der Waals surface area contributed by atoms with Crippen molar-refractivity contribution in [2.45, 2.75) is 10.6 Å². The van der Waals surface area contributed by atoms with Gasteiger partial charge in [0.2, 0.25) is 0 Å². The number of hydrogen-bond acceptors (Lipinski definition) is 4. The number of nitriles is 1. The summed E-state index contributed by atoms with van der Waals surface area (Å²) in [7, 11) is 0. The van der Waals surface area contributed by atoms with E-state index in [2.05, 4.69) is 0 Å². The molecule has 0 spiro atoms. The summed E-state index contributed by atoms with van der Waals surface area (Å²) in [6.45, 7) is -0.246. The zero-order valence-electron chi connectivity index (χ0n) is 11.4. The van der Waals surface area contributed by atoms with Crippen LogP contribution in [0.3, 0.4) is 0 Å². The van der Waals surface area contributed by atoms with E-state index in [4.69, 9.17) is 33.2 Å². The topological polar surface area (TPSA) is 50.1 Å². The summed E-state index contributed by atoms with van der Waals surface area (Å²) in [4.78, 5) is 12.5. The van der Waals surface area contributed by atoms with E-state index in [-0.39, 0.29) is 6.61 Å². The molecule has 2 rings (SSSR count). The van der Waals surface area contributed by atoms with Crippen LogP contribution in [0.5, 0.6) is 0 Å².